The molecule has 1 aromatic carbocycles. The summed E-state index contributed by atoms with van der Waals surface area (Å²) < 4.78 is 33.0. The number of rotatable bonds is 3. The lowest BCUT2D eigenvalue weighted by Crippen LogP contribution is -2.58. The van der Waals surface area contributed by atoms with Crippen LogP contribution >= 0.6 is 0 Å². The molecule has 0 N–H and O–H groups in total. The summed E-state index contributed by atoms with van der Waals surface area (Å²) in [5.74, 6) is 0.118. The van der Waals surface area contributed by atoms with Gasteiger partial charge in [-0.3, -0.25) is 9.69 Å². The number of halogens is 1. The zero-order valence-corrected chi connectivity index (χ0v) is 26.6. The Bertz CT molecular complexity index is 1250. The summed E-state index contributed by atoms with van der Waals surface area (Å²) in [6.45, 7) is 17.6. The molecule has 6 rings (SSSR count). The van der Waals surface area contributed by atoms with E-state index in [-0.39, 0.29) is 18.0 Å². The minimum Gasteiger partial charge on any atom is -0.444 e. The Morgan fingerprint density at radius 1 is 0.976 bits per heavy atom. The van der Waals surface area contributed by atoms with Gasteiger partial charge in [-0.25, -0.2) is 9.18 Å². The molecule has 3 saturated heterocycles. The molecule has 1 saturated carbocycles. The normalized spacial score (nSPS) is 31.9. The van der Waals surface area contributed by atoms with Crippen LogP contribution in [0.3, 0.4) is 0 Å². The lowest BCUT2D eigenvalue weighted by molar-refractivity contribution is -0.126. The first-order chi connectivity index (χ1) is 19.4. The quantitative estimate of drug-likeness (QED) is 0.486. The van der Waals surface area contributed by atoms with Crippen LogP contribution in [0, 0.1) is 0 Å². The van der Waals surface area contributed by atoms with Gasteiger partial charge in [-0.05, 0) is 105 Å². The van der Waals surface area contributed by atoms with Crippen molar-refractivity contribution in [2.24, 2.45) is 0 Å². The fourth-order valence-electron chi connectivity index (χ4n) is 7.31. The molecule has 0 bridgehead atoms. The van der Waals surface area contributed by atoms with Crippen LogP contribution in [0.15, 0.2) is 18.2 Å². The number of likely N-dealkylation sites (tertiary alicyclic amines) is 2. The highest BCUT2D eigenvalue weighted by Crippen LogP contribution is 2.51. The van der Waals surface area contributed by atoms with Crippen LogP contribution in [0.1, 0.15) is 93.1 Å². The van der Waals surface area contributed by atoms with E-state index in [9.17, 15) is 14.0 Å². The summed E-state index contributed by atoms with van der Waals surface area (Å²) in [6.07, 6.45) is 3.00. The maximum atomic E-state index is 14.6. The van der Waals surface area contributed by atoms with Gasteiger partial charge in [-0.2, -0.15) is 0 Å². The maximum absolute atomic E-state index is 14.6. The van der Waals surface area contributed by atoms with E-state index >= 15 is 0 Å². The van der Waals surface area contributed by atoms with Gasteiger partial charge in [-0.1, -0.05) is 12.1 Å². The van der Waals surface area contributed by atoms with Gasteiger partial charge in [0.05, 0.1) is 16.6 Å². The molecule has 0 radical (unpaired) electrons. The maximum Gasteiger partial charge on any atom is 0.494 e. The molecule has 4 fully saturated rings. The number of anilines is 1. The van der Waals surface area contributed by atoms with Gasteiger partial charge in [0.2, 0.25) is 5.91 Å². The molecule has 230 valence electrons. The predicted octanol–water partition coefficient (Wildman–Crippen LogP) is 4.57. The van der Waals surface area contributed by atoms with Crippen LogP contribution in [-0.2, 0) is 24.3 Å². The van der Waals surface area contributed by atoms with Gasteiger partial charge >= 0.3 is 13.2 Å². The van der Waals surface area contributed by atoms with E-state index in [1.165, 1.54) is 0 Å². The Labute approximate surface area is 250 Å². The first-order valence-electron chi connectivity index (χ1n) is 15.7. The zero-order valence-electron chi connectivity index (χ0n) is 26.6. The first kappa shape index (κ1) is 29.9. The number of hydrogen-bond donors (Lipinski definition) is 0. The highest BCUT2D eigenvalue weighted by molar-refractivity contribution is 6.62. The van der Waals surface area contributed by atoms with Gasteiger partial charge in [0.15, 0.2) is 0 Å². The number of hydrogen-bond acceptors (Lipinski definition) is 6. The molecule has 1 aromatic rings. The van der Waals surface area contributed by atoms with Crippen molar-refractivity contribution in [1.82, 2.24) is 9.80 Å². The first-order valence-corrected chi connectivity index (χ1v) is 15.7. The summed E-state index contributed by atoms with van der Waals surface area (Å²) in [5.41, 5.74) is -0.470. The SMILES string of the molecule is CC1(F)CCN([C@H]2C[C@@H](N3C(=O)C4(CCN(C(=O)OC(C)(C)C)CC4)c4ccc(B5OC(C)(C)C(C)(C)O5)cc43)C2)C1. The smallest absolute Gasteiger partial charge is 0.444 e. The van der Waals surface area contributed by atoms with Crippen molar-refractivity contribution in [3.8, 4) is 0 Å². The van der Waals surface area contributed by atoms with Gasteiger partial charge in [0.25, 0.3) is 0 Å². The van der Waals surface area contributed by atoms with Gasteiger partial charge in [0, 0.05) is 44.0 Å². The molecule has 4 heterocycles. The van der Waals surface area contributed by atoms with Crippen LogP contribution in [0.4, 0.5) is 14.9 Å². The Balaban J connectivity index is 1.27. The lowest BCUT2D eigenvalue weighted by Gasteiger charge is -2.46. The second-order valence-corrected chi connectivity index (χ2v) is 15.5. The van der Waals surface area contributed by atoms with Crippen molar-refractivity contribution in [1.29, 1.82) is 0 Å². The topological polar surface area (TPSA) is 71.6 Å². The molecular weight excluding hydrogens is 536 g/mol. The van der Waals surface area contributed by atoms with E-state index in [0.717, 1.165) is 36.1 Å². The number of alkyl halides is 1. The molecule has 1 unspecified atom stereocenters. The average molecular weight is 584 g/mol. The Morgan fingerprint density at radius 2 is 1.60 bits per heavy atom. The van der Waals surface area contributed by atoms with Gasteiger partial charge < -0.3 is 23.8 Å². The summed E-state index contributed by atoms with van der Waals surface area (Å²) in [6, 6.07) is 6.56. The van der Waals surface area contributed by atoms with Gasteiger partial charge in [-0.15, -0.1) is 0 Å². The number of ether oxygens (including phenoxy) is 1. The van der Waals surface area contributed by atoms with Crippen LogP contribution in [0.2, 0.25) is 0 Å². The van der Waals surface area contributed by atoms with Crippen molar-refractivity contribution >= 4 is 30.3 Å². The standard InChI is InChI=1S/C32H47BFN3O5/c1-28(2,3)40-27(39)35-15-12-32(13-16-35)24-10-9-21(33-41-29(4,5)30(6,7)42-33)17-25(24)37(26(32)38)23-18-22(19-23)36-14-11-31(8,34)20-36/h9-10,17,22-23H,11-16,18-20H2,1-8H3/t22-,23+,31?. The van der Waals surface area contributed by atoms with E-state index < -0.39 is 35.0 Å². The monoisotopic (exact) mass is 583 g/mol. The number of amides is 2. The van der Waals surface area contributed by atoms with Crippen LogP contribution in [0.5, 0.6) is 0 Å². The van der Waals surface area contributed by atoms with Crippen molar-refractivity contribution < 1.29 is 28.0 Å². The molecule has 10 heteroatoms. The molecule has 8 nitrogen and oxygen atoms in total. The number of carbonyl (C=O) groups excluding carboxylic acids is 2. The van der Waals surface area contributed by atoms with E-state index in [1.807, 2.05) is 59.4 Å². The molecule has 42 heavy (non-hydrogen) atoms. The average Bonchev–Trinajstić information content (AvgIpc) is 3.40. The minimum absolute atomic E-state index is 0.0597. The third kappa shape index (κ3) is 4.95. The number of benzene rings is 1. The molecule has 2 amide bonds. The van der Waals surface area contributed by atoms with Crippen molar-refractivity contribution in [2.45, 2.75) is 127 Å². The van der Waals surface area contributed by atoms with Crippen LogP contribution in [0.25, 0.3) is 0 Å². The highest BCUT2D eigenvalue weighted by Gasteiger charge is 2.57. The Kier molecular flexibility index (Phi) is 6.88. The van der Waals surface area contributed by atoms with Crippen LogP contribution < -0.4 is 10.4 Å². The van der Waals surface area contributed by atoms with E-state index in [1.54, 1.807) is 11.8 Å². The fourth-order valence-corrected chi connectivity index (χ4v) is 7.31. The lowest BCUT2D eigenvalue weighted by atomic mass is 9.71. The second-order valence-electron chi connectivity index (χ2n) is 15.5. The summed E-state index contributed by atoms with van der Waals surface area (Å²) in [7, 11) is -0.524. The van der Waals surface area contributed by atoms with Gasteiger partial charge in [0.1, 0.15) is 11.3 Å². The minimum atomic E-state index is -1.13. The fraction of sp³-hybridized carbons (Fsp3) is 0.750. The van der Waals surface area contributed by atoms with E-state index in [0.29, 0.717) is 44.9 Å². The highest BCUT2D eigenvalue weighted by atomic mass is 19.1. The van der Waals surface area contributed by atoms with Crippen molar-refractivity contribution in [3.05, 3.63) is 23.8 Å². The third-order valence-corrected chi connectivity index (χ3v) is 10.6. The van der Waals surface area contributed by atoms with Crippen LogP contribution in [-0.4, -0.2) is 89.7 Å². The molecule has 1 spiro atoms. The summed E-state index contributed by atoms with van der Waals surface area (Å²) >= 11 is 0. The number of carbonyl (C=O) groups is 2. The Morgan fingerprint density at radius 3 is 2.14 bits per heavy atom. The number of fused-ring (bicyclic) bond motifs is 2. The number of piperidine rings is 1. The Hall–Kier alpha value is -2.17. The summed E-state index contributed by atoms with van der Waals surface area (Å²) in [5, 5.41) is 0. The third-order valence-electron chi connectivity index (χ3n) is 10.6. The second kappa shape index (κ2) is 9.67. The summed E-state index contributed by atoms with van der Waals surface area (Å²) in [4.78, 5) is 33.3. The molecule has 0 aromatic heterocycles. The molecular formula is C32H47BFN3O5. The molecule has 1 aliphatic carbocycles. The number of nitrogens with zero attached hydrogens (tertiary/aromatic N) is 3. The molecule has 1 atom stereocenters. The van der Waals surface area contributed by atoms with E-state index in [4.69, 9.17) is 14.0 Å². The van der Waals surface area contributed by atoms with Crippen molar-refractivity contribution in [2.75, 3.05) is 31.1 Å². The largest absolute Gasteiger partial charge is 0.494 e. The predicted molar refractivity (Wildman–Crippen MR) is 161 cm³/mol. The molecule has 5 aliphatic rings. The molecule has 4 aliphatic heterocycles. The zero-order chi connectivity index (χ0) is 30.5. The van der Waals surface area contributed by atoms with Crippen molar-refractivity contribution in [3.63, 3.8) is 0 Å². The van der Waals surface area contributed by atoms with E-state index in [2.05, 4.69) is 17.0 Å².